The minimum absolute atomic E-state index is 0.0601. The first-order valence-corrected chi connectivity index (χ1v) is 19.5. The molecule has 4 aromatic rings. The largest absolute Gasteiger partial charge is 0.399 e. The maximum atomic E-state index is 14.0. The maximum absolute atomic E-state index is 14.0. The van der Waals surface area contributed by atoms with Gasteiger partial charge < -0.3 is 27.4 Å². The third-order valence-electron chi connectivity index (χ3n) is 8.98. The van der Waals surface area contributed by atoms with Crippen molar-refractivity contribution in [2.24, 2.45) is 5.73 Å². The predicted octanol–water partition coefficient (Wildman–Crippen LogP) is 4.19. The molecule has 4 atom stereocenters. The van der Waals surface area contributed by atoms with Crippen molar-refractivity contribution in [3.05, 3.63) is 124 Å². The summed E-state index contributed by atoms with van der Waals surface area (Å²) < 4.78 is 30.7. The summed E-state index contributed by atoms with van der Waals surface area (Å²) in [6, 6.07) is 24.9. The topological polar surface area (TPSA) is 202 Å². The fourth-order valence-electron chi connectivity index (χ4n) is 5.83. The molecule has 1 fully saturated rings. The van der Waals surface area contributed by atoms with E-state index in [0.29, 0.717) is 31.6 Å². The lowest BCUT2D eigenvalue weighted by Crippen LogP contribution is -2.47. The normalized spacial score (nSPS) is 15.8. The number of anilines is 2. The van der Waals surface area contributed by atoms with Gasteiger partial charge in [-0.3, -0.25) is 23.7 Å². The number of amides is 3. The second kappa shape index (κ2) is 19.3. The van der Waals surface area contributed by atoms with Crippen molar-refractivity contribution in [1.82, 2.24) is 25.7 Å². The highest BCUT2D eigenvalue weighted by Crippen LogP contribution is 2.25. The van der Waals surface area contributed by atoms with Gasteiger partial charge >= 0.3 is 10.2 Å². The Morgan fingerprint density at radius 3 is 2.17 bits per heavy atom. The standard InChI is InChI=1S/C37H44BrN7O4S.CH3NO/c1-24(27-10-14-32(39)15-11-27)25(2)41-23-34(22-33-7-4-5-16-40-33)44-37(47)30-19-29(20-35(21-30)45-18-6-17-42-50(45,48)49)36(46)43-26(3)28-8-12-31(38)13-9-28;2-1-3/h4-5,7-16,19-21,24-26,34,41-42H,6,17-18,22-23,39H2,1-3H3,(H,43,46)(H,44,47);1H,(H2,2,3)/t24?,25-,26+,34-;/m0./s1. The Bertz CT molecular complexity index is 1930. The number of halogens is 1. The summed E-state index contributed by atoms with van der Waals surface area (Å²) in [6.45, 7) is 7.06. The molecular weight excluding hydrogens is 760 g/mol. The monoisotopic (exact) mass is 806 g/mol. The highest BCUT2D eigenvalue weighted by atomic mass is 79.9. The first-order chi connectivity index (χ1) is 25.3. The number of nitrogens with one attached hydrogen (secondary N) is 4. The van der Waals surface area contributed by atoms with Crippen LogP contribution >= 0.6 is 15.9 Å². The number of hydrogen-bond acceptors (Lipinski definition) is 8. The van der Waals surface area contributed by atoms with Gasteiger partial charge in [0.05, 0.1) is 11.7 Å². The molecule has 0 radical (unpaired) electrons. The number of benzene rings is 3. The lowest BCUT2D eigenvalue weighted by Gasteiger charge is -2.29. The maximum Gasteiger partial charge on any atom is 0.301 e. The first-order valence-electron chi connectivity index (χ1n) is 17.2. The van der Waals surface area contributed by atoms with Crippen molar-refractivity contribution in [2.45, 2.75) is 57.7 Å². The number of aromatic nitrogens is 1. The number of nitrogens with zero attached hydrogens (tertiary/aromatic N) is 2. The van der Waals surface area contributed by atoms with E-state index in [4.69, 9.17) is 10.5 Å². The highest BCUT2D eigenvalue weighted by molar-refractivity contribution is 9.10. The van der Waals surface area contributed by atoms with Crippen LogP contribution in [0.4, 0.5) is 11.4 Å². The van der Waals surface area contributed by atoms with Crippen molar-refractivity contribution >= 4 is 55.7 Å². The molecule has 1 saturated heterocycles. The zero-order chi connectivity index (χ0) is 38.5. The van der Waals surface area contributed by atoms with Crippen molar-refractivity contribution in [2.75, 3.05) is 29.7 Å². The van der Waals surface area contributed by atoms with Crippen LogP contribution in [0.5, 0.6) is 0 Å². The van der Waals surface area contributed by atoms with Crippen LogP contribution in [-0.2, 0) is 21.4 Å². The van der Waals surface area contributed by atoms with E-state index in [1.807, 2.05) is 73.7 Å². The van der Waals surface area contributed by atoms with Gasteiger partial charge in [-0.25, -0.2) is 0 Å². The molecule has 3 aromatic carbocycles. The van der Waals surface area contributed by atoms with Crippen LogP contribution < -0.4 is 36.4 Å². The molecule has 5 rings (SSSR count). The van der Waals surface area contributed by atoms with Crippen LogP contribution in [0.25, 0.3) is 0 Å². The van der Waals surface area contributed by atoms with Crippen LogP contribution in [0.2, 0.25) is 0 Å². The molecule has 0 spiro atoms. The Kier molecular flexibility index (Phi) is 14.9. The minimum Gasteiger partial charge on any atom is -0.399 e. The van der Waals surface area contributed by atoms with Gasteiger partial charge in [-0.15, -0.1) is 0 Å². The number of hydrogen-bond donors (Lipinski definition) is 6. The molecule has 13 nitrogen and oxygen atoms in total. The van der Waals surface area contributed by atoms with Crippen LogP contribution in [-0.4, -0.2) is 63.3 Å². The smallest absolute Gasteiger partial charge is 0.301 e. The van der Waals surface area contributed by atoms with E-state index in [-0.39, 0.29) is 53.8 Å². The Balaban J connectivity index is 0.00000202. The molecule has 0 aliphatic carbocycles. The lowest BCUT2D eigenvalue weighted by atomic mass is 9.94. The molecule has 53 heavy (non-hydrogen) atoms. The summed E-state index contributed by atoms with van der Waals surface area (Å²) in [5.41, 5.74) is 14.2. The van der Waals surface area contributed by atoms with Gasteiger partial charge in [0.25, 0.3) is 11.8 Å². The summed E-state index contributed by atoms with van der Waals surface area (Å²) in [5.74, 6) is -0.707. The van der Waals surface area contributed by atoms with E-state index < -0.39 is 22.0 Å². The average Bonchev–Trinajstić information content (AvgIpc) is 3.14. The first kappa shape index (κ1) is 40.9. The fraction of sp³-hybridized carbons (Fsp3) is 0.316. The molecule has 15 heteroatoms. The van der Waals surface area contributed by atoms with E-state index in [0.717, 1.165) is 21.3 Å². The van der Waals surface area contributed by atoms with E-state index in [1.165, 1.54) is 22.5 Å². The van der Waals surface area contributed by atoms with Crippen LogP contribution in [0.1, 0.15) is 76.7 Å². The van der Waals surface area contributed by atoms with E-state index in [2.05, 4.69) is 61.2 Å². The van der Waals surface area contributed by atoms with E-state index in [1.54, 1.807) is 6.20 Å². The van der Waals surface area contributed by atoms with Crippen LogP contribution in [0.15, 0.2) is 95.6 Å². The number of primary amides is 1. The molecule has 2 heterocycles. The number of carbonyl (C=O) groups excluding carboxylic acids is 3. The number of pyridine rings is 1. The molecular formula is C38H47BrN8O5S. The third-order valence-corrected chi connectivity index (χ3v) is 11.0. The quantitative estimate of drug-likeness (QED) is 0.0853. The lowest BCUT2D eigenvalue weighted by molar-refractivity contribution is -0.106. The second-order valence-corrected chi connectivity index (χ2v) is 15.4. The van der Waals surface area contributed by atoms with Crippen LogP contribution in [0.3, 0.4) is 0 Å². The molecule has 3 amide bonds. The van der Waals surface area contributed by atoms with Gasteiger partial charge in [0, 0.05) is 71.3 Å². The van der Waals surface area contributed by atoms with Gasteiger partial charge in [-0.05, 0) is 91.9 Å². The van der Waals surface area contributed by atoms with E-state index >= 15 is 0 Å². The predicted molar refractivity (Wildman–Crippen MR) is 212 cm³/mol. The molecule has 8 N–H and O–H groups in total. The number of nitrogens with two attached hydrogens (primary N) is 2. The van der Waals surface area contributed by atoms with E-state index in [9.17, 15) is 18.0 Å². The number of rotatable bonds is 13. The van der Waals surface area contributed by atoms with Crippen molar-refractivity contribution in [3.63, 3.8) is 0 Å². The van der Waals surface area contributed by atoms with Crippen molar-refractivity contribution < 1.29 is 22.8 Å². The SMILES string of the molecule is CC(c1ccc(N)cc1)[C@H](C)NC[C@H](Cc1ccccn1)NC(=O)c1cc(C(=O)N[C@H](C)c2ccc(Br)cc2)cc(N2CCCNS2(=O)=O)c1.NC=O. The zero-order valence-corrected chi connectivity index (χ0v) is 32.4. The minimum atomic E-state index is -3.86. The Labute approximate surface area is 319 Å². The summed E-state index contributed by atoms with van der Waals surface area (Å²) >= 11 is 3.43. The molecule has 282 valence electrons. The van der Waals surface area contributed by atoms with Gasteiger partial charge in [-0.2, -0.15) is 13.1 Å². The molecule has 0 saturated carbocycles. The summed E-state index contributed by atoms with van der Waals surface area (Å²) in [7, 11) is -3.86. The number of nitrogen functional groups attached to an aromatic ring is 1. The summed E-state index contributed by atoms with van der Waals surface area (Å²) in [4.78, 5) is 40.7. The van der Waals surface area contributed by atoms with Gasteiger partial charge in [-0.1, -0.05) is 53.2 Å². The van der Waals surface area contributed by atoms with Crippen molar-refractivity contribution in [3.8, 4) is 0 Å². The van der Waals surface area contributed by atoms with Crippen LogP contribution in [0, 0.1) is 0 Å². The molecule has 0 bridgehead atoms. The Morgan fingerprint density at radius 1 is 0.943 bits per heavy atom. The third kappa shape index (κ3) is 11.8. The Hall–Kier alpha value is -4.83. The van der Waals surface area contributed by atoms with Gasteiger partial charge in [0.1, 0.15) is 0 Å². The fourth-order valence-corrected chi connectivity index (χ4v) is 7.40. The average molecular weight is 808 g/mol. The molecule has 1 aliphatic heterocycles. The summed E-state index contributed by atoms with van der Waals surface area (Å²) in [5, 5.41) is 9.70. The highest BCUT2D eigenvalue weighted by Gasteiger charge is 2.28. The molecule has 1 unspecified atom stereocenters. The summed E-state index contributed by atoms with van der Waals surface area (Å²) in [6.07, 6.45) is 2.98. The zero-order valence-electron chi connectivity index (χ0n) is 30.0. The molecule has 1 aliphatic rings. The van der Waals surface area contributed by atoms with Crippen molar-refractivity contribution in [1.29, 1.82) is 0 Å². The van der Waals surface area contributed by atoms with Gasteiger partial charge in [0.2, 0.25) is 6.41 Å². The molecule has 1 aromatic heterocycles. The Morgan fingerprint density at radius 2 is 1.57 bits per heavy atom. The van der Waals surface area contributed by atoms with Gasteiger partial charge in [0.15, 0.2) is 0 Å². The number of carbonyl (C=O) groups is 3. The second-order valence-electron chi connectivity index (χ2n) is 12.8.